The minimum atomic E-state index is -4.81. The Morgan fingerprint density at radius 1 is 1.18 bits per heavy atom. The molecule has 0 radical (unpaired) electrons. The summed E-state index contributed by atoms with van der Waals surface area (Å²) in [5.41, 5.74) is -0.574. The largest absolute Gasteiger partial charge is 0.573 e. The maximum Gasteiger partial charge on any atom is 0.573 e. The molecule has 3 unspecified atom stereocenters. The zero-order chi connectivity index (χ0) is 29.0. The molecule has 10 heteroatoms. The van der Waals surface area contributed by atoms with E-state index >= 15 is 0 Å². The molecule has 2 N–H and O–H groups in total. The van der Waals surface area contributed by atoms with Crippen LogP contribution in [0.3, 0.4) is 0 Å². The van der Waals surface area contributed by atoms with Crippen molar-refractivity contribution in [2.45, 2.75) is 56.0 Å². The summed E-state index contributed by atoms with van der Waals surface area (Å²) in [5.74, 6) is -0.823. The molecule has 3 atom stereocenters. The number of fused-ring (bicyclic) bond motifs is 1. The molecular formula is C30H33F3N2O5. The number of piperidine rings is 1. The van der Waals surface area contributed by atoms with E-state index in [1.54, 1.807) is 30.3 Å². The van der Waals surface area contributed by atoms with Crippen LogP contribution in [0.4, 0.5) is 13.2 Å². The molecular weight excluding hydrogens is 525 g/mol. The Hall–Kier alpha value is -3.63. The van der Waals surface area contributed by atoms with E-state index in [2.05, 4.69) is 21.5 Å². The lowest BCUT2D eigenvalue weighted by Crippen LogP contribution is -2.67. The Balaban J connectivity index is 1.54. The molecule has 40 heavy (non-hydrogen) atoms. The van der Waals surface area contributed by atoms with Crippen LogP contribution in [0.2, 0.25) is 0 Å². The summed E-state index contributed by atoms with van der Waals surface area (Å²) in [7, 11) is 0. The van der Waals surface area contributed by atoms with Crippen LogP contribution < -0.4 is 14.8 Å². The first-order valence-electron chi connectivity index (χ1n) is 13.1. The van der Waals surface area contributed by atoms with Crippen molar-refractivity contribution in [3.05, 3.63) is 78.4 Å². The number of carbonyl (C=O) groups excluding carboxylic acids is 2. The van der Waals surface area contributed by atoms with Crippen LogP contribution >= 0.6 is 0 Å². The highest BCUT2D eigenvalue weighted by Gasteiger charge is 2.57. The molecule has 1 saturated carbocycles. The lowest BCUT2D eigenvalue weighted by molar-refractivity contribution is -0.274. The van der Waals surface area contributed by atoms with Crippen molar-refractivity contribution in [2.24, 2.45) is 0 Å². The maximum atomic E-state index is 12.8. The van der Waals surface area contributed by atoms with Crippen LogP contribution in [0, 0.1) is 0 Å². The zero-order valence-electron chi connectivity index (χ0n) is 22.2. The van der Waals surface area contributed by atoms with Crippen LogP contribution in [0.5, 0.6) is 11.5 Å². The van der Waals surface area contributed by atoms with Crippen molar-refractivity contribution < 1.29 is 37.3 Å². The predicted octanol–water partition coefficient (Wildman–Crippen LogP) is 4.75. The van der Waals surface area contributed by atoms with Gasteiger partial charge in [-0.2, -0.15) is 0 Å². The second-order valence-electron chi connectivity index (χ2n) is 10.4. The summed E-state index contributed by atoms with van der Waals surface area (Å²) in [6.45, 7) is 6.94. The van der Waals surface area contributed by atoms with Gasteiger partial charge in [0.25, 0.3) is 0 Å². The van der Waals surface area contributed by atoms with Crippen LogP contribution in [-0.2, 0) is 15.0 Å². The Labute approximate surface area is 231 Å². The Bertz CT molecular complexity index is 1280. The summed E-state index contributed by atoms with van der Waals surface area (Å²) in [5, 5.41) is 15.1. The number of likely N-dealkylation sites (tertiary alicyclic amines) is 1. The number of nitrogens with zero attached hydrogens (tertiary/aromatic N) is 1. The van der Waals surface area contributed by atoms with Gasteiger partial charge in [-0.1, -0.05) is 30.3 Å². The molecule has 0 spiro atoms. The first kappa shape index (κ1) is 29.4. The number of halogens is 3. The third kappa shape index (κ3) is 6.92. The number of alkyl halides is 3. The molecule has 1 amide bonds. The molecule has 0 aromatic heterocycles. The lowest BCUT2D eigenvalue weighted by atomic mass is 9.55. The van der Waals surface area contributed by atoms with Gasteiger partial charge < -0.3 is 19.9 Å². The van der Waals surface area contributed by atoms with Gasteiger partial charge in [0, 0.05) is 37.5 Å². The third-order valence-corrected chi connectivity index (χ3v) is 7.63. The molecule has 2 aliphatic rings. The second kappa shape index (κ2) is 11.9. The van der Waals surface area contributed by atoms with Crippen molar-refractivity contribution in [1.82, 2.24) is 10.2 Å². The van der Waals surface area contributed by atoms with Gasteiger partial charge in [0.1, 0.15) is 11.5 Å². The number of amides is 1. The maximum absolute atomic E-state index is 12.8. The summed E-state index contributed by atoms with van der Waals surface area (Å²) in [6, 6.07) is 12.3. The smallest absolute Gasteiger partial charge is 0.427 e. The fourth-order valence-corrected chi connectivity index (χ4v) is 5.98. The number of aliphatic hydroxyl groups is 1. The highest BCUT2D eigenvalue weighted by molar-refractivity contribution is 5.92. The van der Waals surface area contributed by atoms with Crippen molar-refractivity contribution >= 4 is 18.0 Å². The van der Waals surface area contributed by atoms with E-state index in [1.807, 2.05) is 6.07 Å². The topological polar surface area (TPSA) is 88.1 Å². The molecule has 1 saturated heterocycles. The summed E-state index contributed by atoms with van der Waals surface area (Å²) < 4.78 is 46.9. The zero-order valence-corrected chi connectivity index (χ0v) is 22.2. The first-order valence-corrected chi connectivity index (χ1v) is 13.1. The van der Waals surface area contributed by atoms with Crippen LogP contribution in [0.25, 0.3) is 6.08 Å². The number of rotatable bonds is 8. The van der Waals surface area contributed by atoms with Crippen molar-refractivity contribution in [3.63, 3.8) is 0 Å². The van der Waals surface area contributed by atoms with E-state index < -0.39 is 29.3 Å². The standard InChI is InChI=1S/C30H33F3N2O5/c1-3-15-35-16-14-28(23-7-5-8-25(18-23)39-21(2)36)19-24(12-13-29(28,38)20-35)34-27(37)11-10-22-6-4-9-26(17-22)40-30(31,32)33/h3-11,17-18,24,38H,1,12-16,19-20H2,2H3,(H,34,37). The monoisotopic (exact) mass is 558 g/mol. The van der Waals surface area contributed by atoms with Crippen molar-refractivity contribution in [2.75, 3.05) is 19.6 Å². The summed E-state index contributed by atoms with van der Waals surface area (Å²) >= 11 is 0. The molecule has 214 valence electrons. The van der Waals surface area contributed by atoms with E-state index in [0.29, 0.717) is 56.6 Å². The quantitative estimate of drug-likeness (QED) is 0.210. The van der Waals surface area contributed by atoms with E-state index in [0.717, 1.165) is 5.56 Å². The van der Waals surface area contributed by atoms with Crippen molar-refractivity contribution in [3.8, 4) is 11.5 Å². The van der Waals surface area contributed by atoms with Crippen LogP contribution in [0.15, 0.2) is 67.3 Å². The Kier molecular flexibility index (Phi) is 8.70. The average molecular weight is 559 g/mol. The minimum absolute atomic E-state index is 0.263. The lowest BCUT2D eigenvalue weighted by Gasteiger charge is -2.58. The Morgan fingerprint density at radius 3 is 2.65 bits per heavy atom. The first-order chi connectivity index (χ1) is 18.9. The van der Waals surface area contributed by atoms with Gasteiger partial charge in [0.05, 0.1) is 5.60 Å². The van der Waals surface area contributed by atoms with E-state index in [4.69, 9.17) is 4.74 Å². The molecule has 1 aliphatic heterocycles. The van der Waals surface area contributed by atoms with Gasteiger partial charge in [0.15, 0.2) is 0 Å². The van der Waals surface area contributed by atoms with Gasteiger partial charge >= 0.3 is 12.3 Å². The number of benzene rings is 2. The van der Waals surface area contributed by atoms with Crippen LogP contribution in [0.1, 0.15) is 43.7 Å². The van der Waals surface area contributed by atoms with Gasteiger partial charge in [0.2, 0.25) is 5.91 Å². The van der Waals surface area contributed by atoms with E-state index in [-0.39, 0.29) is 11.8 Å². The molecule has 7 nitrogen and oxygen atoms in total. The molecule has 4 rings (SSSR count). The second-order valence-corrected chi connectivity index (χ2v) is 10.4. The number of nitrogens with one attached hydrogen (secondary N) is 1. The van der Waals surface area contributed by atoms with Gasteiger partial charge in [-0.05, 0) is 73.7 Å². The fraction of sp³-hybridized carbons (Fsp3) is 0.400. The van der Waals surface area contributed by atoms with E-state index in [9.17, 15) is 27.9 Å². The minimum Gasteiger partial charge on any atom is -0.427 e. The highest BCUT2D eigenvalue weighted by Crippen LogP contribution is 2.52. The molecule has 2 fully saturated rings. The van der Waals surface area contributed by atoms with Gasteiger partial charge in [-0.15, -0.1) is 19.8 Å². The molecule has 2 aromatic rings. The number of hydrogen-bond donors (Lipinski definition) is 2. The molecule has 1 heterocycles. The third-order valence-electron chi connectivity index (χ3n) is 7.63. The number of ether oxygens (including phenoxy) is 2. The number of hydrogen-bond acceptors (Lipinski definition) is 6. The average Bonchev–Trinajstić information content (AvgIpc) is 2.87. The molecule has 2 aromatic carbocycles. The van der Waals surface area contributed by atoms with Gasteiger partial charge in [-0.3, -0.25) is 14.5 Å². The molecule has 1 aliphatic carbocycles. The summed E-state index contributed by atoms with van der Waals surface area (Å²) in [6.07, 6.45) is 1.75. The number of esters is 1. The van der Waals surface area contributed by atoms with E-state index in [1.165, 1.54) is 37.3 Å². The Morgan fingerprint density at radius 2 is 1.93 bits per heavy atom. The summed E-state index contributed by atoms with van der Waals surface area (Å²) in [4.78, 5) is 26.6. The van der Waals surface area contributed by atoms with Crippen LogP contribution in [-0.4, -0.2) is 59.5 Å². The highest BCUT2D eigenvalue weighted by atomic mass is 19.4. The van der Waals surface area contributed by atoms with Gasteiger partial charge in [-0.25, -0.2) is 0 Å². The SMILES string of the molecule is C=CCN1CCC2(c3cccc(OC(C)=O)c3)CC(NC(=O)C=Cc3cccc(OC(F)(F)F)c3)CCC2(O)C1. The van der Waals surface area contributed by atoms with Crippen molar-refractivity contribution in [1.29, 1.82) is 0 Å². The number of carbonyl (C=O) groups is 2. The fourth-order valence-electron chi connectivity index (χ4n) is 5.98. The number of β-amino-alcohol motifs (C(OH)–C–C–N with tert-alkyl or cyclic N) is 1. The normalized spacial score (nSPS) is 25.2. The predicted molar refractivity (Wildman–Crippen MR) is 144 cm³/mol. The molecule has 0 bridgehead atoms.